The first-order valence-corrected chi connectivity index (χ1v) is 5.71. The van der Waals surface area contributed by atoms with Crippen LogP contribution in [-0.2, 0) is 0 Å². The molecule has 0 unspecified atom stereocenters. The number of methoxy groups -OCH3 is 1. The molecule has 1 aromatic carbocycles. The molecule has 0 spiro atoms. The molecule has 0 N–H and O–H groups in total. The largest absolute Gasteiger partial charge is 0.497 e. The van der Waals surface area contributed by atoms with Crippen molar-refractivity contribution in [2.75, 3.05) is 33.9 Å². The lowest BCUT2D eigenvalue weighted by Crippen LogP contribution is -2.25. The van der Waals surface area contributed by atoms with E-state index in [9.17, 15) is 0 Å². The fraction of sp³-hybridized carbons (Fsp3) is 0.429. The molecule has 94 valence electrons. The van der Waals surface area contributed by atoms with E-state index in [-0.39, 0.29) is 0 Å². The highest BCUT2D eigenvalue weighted by atomic mass is 16.5. The molecular formula is C14H21NO2. The lowest BCUT2D eigenvalue weighted by molar-refractivity contribution is 0.247. The number of nitrogens with zero attached hydrogens (tertiary/aromatic N) is 1. The van der Waals surface area contributed by atoms with Gasteiger partial charge in [-0.15, -0.1) is 0 Å². The average molecular weight is 235 g/mol. The van der Waals surface area contributed by atoms with Crippen molar-refractivity contribution in [2.45, 2.75) is 6.92 Å². The number of rotatable bonds is 7. The normalized spacial score (nSPS) is 10.4. The molecule has 17 heavy (non-hydrogen) atoms. The Kier molecular flexibility index (Phi) is 5.57. The number of ether oxygens (including phenoxy) is 2. The lowest BCUT2D eigenvalue weighted by atomic mass is 10.3. The summed E-state index contributed by atoms with van der Waals surface area (Å²) < 4.78 is 10.7. The number of hydrogen-bond acceptors (Lipinski definition) is 3. The van der Waals surface area contributed by atoms with E-state index < -0.39 is 0 Å². The third-order valence-corrected chi connectivity index (χ3v) is 2.34. The minimum atomic E-state index is 0.677. The molecule has 0 saturated heterocycles. The van der Waals surface area contributed by atoms with E-state index in [2.05, 4.69) is 18.5 Å². The van der Waals surface area contributed by atoms with E-state index in [0.717, 1.165) is 30.2 Å². The van der Waals surface area contributed by atoms with E-state index in [1.807, 2.05) is 31.2 Å². The summed E-state index contributed by atoms with van der Waals surface area (Å²) in [6.45, 7) is 8.39. The maximum Gasteiger partial charge on any atom is 0.119 e. The molecule has 0 radical (unpaired) electrons. The molecule has 3 heteroatoms. The highest BCUT2D eigenvalue weighted by Gasteiger charge is 1.99. The van der Waals surface area contributed by atoms with E-state index in [4.69, 9.17) is 9.47 Å². The Balaban J connectivity index is 2.28. The molecule has 0 bridgehead atoms. The van der Waals surface area contributed by atoms with Crippen LogP contribution in [0.15, 0.2) is 36.4 Å². The van der Waals surface area contributed by atoms with Crippen molar-refractivity contribution < 1.29 is 9.47 Å². The highest BCUT2D eigenvalue weighted by molar-refractivity contribution is 5.31. The van der Waals surface area contributed by atoms with Gasteiger partial charge in [0.15, 0.2) is 0 Å². The zero-order valence-corrected chi connectivity index (χ0v) is 10.9. The second-order valence-corrected chi connectivity index (χ2v) is 4.22. The molecule has 0 amide bonds. The molecule has 0 fully saturated rings. The first-order valence-electron chi connectivity index (χ1n) is 5.71. The van der Waals surface area contributed by atoms with Crippen molar-refractivity contribution in [3.63, 3.8) is 0 Å². The molecule has 0 heterocycles. The third kappa shape index (κ3) is 5.41. The Hall–Kier alpha value is -1.48. The molecule has 0 atom stereocenters. The topological polar surface area (TPSA) is 21.7 Å². The highest BCUT2D eigenvalue weighted by Crippen LogP contribution is 2.16. The fourth-order valence-electron chi connectivity index (χ4n) is 1.53. The van der Waals surface area contributed by atoms with Gasteiger partial charge in [-0.05, 0) is 38.2 Å². The van der Waals surface area contributed by atoms with Crippen LogP contribution in [0.25, 0.3) is 0 Å². The minimum Gasteiger partial charge on any atom is -0.497 e. The standard InChI is InChI=1S/C14H21NO2/c1-12(2)11-15(3)9-10-17-14-7-5-13(16-4)6-8-14/h5-8H,1,9-11H2,2-4H3. The van der Waals surface area contributed by atoms with E-state index >= 15 is 0 Å². The molecule has 0 aliphatic rings. The second kappa shape index (κ2) is 6.97. The lowest BCUT2D eigenvalue weighted by Gasteiger charge is -2.16. The van der Waals surface area contributed by atoms with Gasteiger partial charge in [-0.25, -0.2) is 0 Å². The molecule has 0 aromatic heterocycles. The monoisotopic (exact) mass is 235 g/mol. The zero-order valence-electron chi connectivity index (χ0n) is 10.9. The molecule has 1 rings (SSSR count). The Bertz CT molecular complexity index is 346. The summed E-state index contributed by atoms with van der Waals surface area (Å²) in [4.78, 5) is 2.19. The van der Waals surface area contributed by atoms with Crippen molar-refractivity contribution in [2.24, 2.45) is 0 Å². The summed E-state index contributed by atoms with van der Waals surface area (Å²) in [6.07, 6.45) is 0. The van der Waals surface area contributed by atoms with E-state index in [1.54, 1.807) is 7.11 Å². The summed E-state index contributed by atoms with van der Waals surface area (Å²) in [7, 11) is 3.72. The molecular weight excluding hydrogens is 214 g/mol. The Morgan fingerprint density at radius 2 is 1.82 bits per heavy atom. The van der Waals surface area contributed by atoms with E-state index in [0.29, 0.717) is 6.61 Å². The van der Waals surface area contributed by atoms with Crippen LogP contribution in [0.1, 0.15) is 6.92 Å². The minimum absolute atomic E-state index is 0.677. The van der Waals surface area contributed by atoms with Gasteiger partial charge in [0.25, 0.3) is 0 Å². The predicted octanol–water partition coefficient (Wildman–Crippen LogP) is 2.58. The van der Waals surface area contributed by atoms with Gasteiger partial charge in [0.1, 0.15) is 18.1 Å². The van der Waals surface area contributed by atoms with Crippen molar-refractivity contribution in [3.05, 3.63) is 36.4 Å². The molecule has 0 aliphatic heterocycles. The van der Waals surface area contributed by atoms with Crippen LogP contribution in [0.2, 0.25) is 0 Å². The molecule has 1 aromatic rings. The van der Waals surface area contributed by atoms with Gasteiger partial charge < -0.3 is 9.47 Å². The maximum atomic E-state index is 5.63. The number of benzene rings is 1. The van der Waals surface area contributed by atoms with Crippen LogP contribution in [0, 0.1) is 0 Å². The summed E-state index contributed by atoms with van der Waals surface area (Å²) in [6, 6.07) is 7.62. The van der Waals surface area contributed by atoms with Gasteiger partial charge in [-0.1, -0.05) is 12.2 Å². The molecule has 0 saturated carbocycles. The van der Waals surface area contributed by atoms with Crippen LogP contribution >= 0.6 is 0 Å². The van der Waals surface area contributed by atoms with Gasteiger partial charge in [-0.3, -0.25) is 4.90 Å². The maximum absolute atomic E-state index is 5.63. The smallest absolute Gasteiger partial charge is 0.119 e. The van der Waals surface area contributed by atoms with Gasteiger partial charge >= 0.3 is 0 Å². The summed E-state index contributed by atoms with van der Waals surface area (Å²) in [5.74, 6) is 1.71. The SMILES string of the molecule is C=C(C)CN(C)CCOc1ccc(OC)cc1. The molecule has 3 nitrogen and oxygen atoms in total. The average Bonchev–Trinajstić information content (AvgIpc) is 2.29. The summed E-state index contributed by atoms with van der Waals surface area (Å²) in [5.41, 5.74) is 1.16. The fourth-order valence-corrected chi connectivity index (χ4v) is 1.53. The van der Waals surface area contributed by atoms with Crippen molar-refractivity contribution >= 4 is 0 Å². The Morgan fingerprint density at radius 3 is 2.35 bits per heavy atom. The van der Waals surface area contributed by atoms with Crippen LogP contribution in [-0.4, -0.2) is 38.8 Å². The van der Waals surface area contributed by atoms with Crippen molar-refractivity contribution in [3.8, 4) is 11.5 Å². The Morgan fingerprint density at radius 1 is 1.24 bits per heavy atom. The van der Waals surface area contributed by atoms with Crippen LogP contribution in [0.5, 0.6) is 11.5 Å². The van der Waals surface area contributed by atoms with Crippen molar-refractivity contribution in [1.82, 2.24) is 4.90 Å². The van der Waals surface area contributed by atoms with Crippen LogP contribution in [0.4, 0.5) is 0 Å². The summed E-state index contributed by atoms with van der Waals surface area (Å²) in [5, 5.41) is 0. The first kappa shape index (κ1) is 13.6. The van der Waals surface area contributed by atoms with Gasteiger partial charge in [-0.2, -0.15) is 0 Å². The second-order valence-electron chi connectivity index (χ2n) is 4.22. The number of hydrogen-bond donors (Lipinski definition) is 0. The first-order chi connectivity index (χ1) is 8.11. The summed E-state index contributed by atoms with van der Waals surface area (Å²) >= 11 is 0. The zero-order chi connectivity index (χ0) is 12.7. The molecule has 0 aliphatic carbocycles. The number of likely N-dealkylation sites (N-methyl/N-ethyl adjacent to an activating group) is 1. The van der Waals surface area contributed by atoms with Gasteiger partial charge in [0, 0.05) is 13.1 Å². The third-order valence-electron chi connectivity index (χ3n) is 2.34. The van der Waals surface area contributed by atoms with Crippen LogP contribution in [0.3, 0.4) is 0 Å². The quantitative estimate of drug-likeness (QED) is 0.678. The Labute approximate surface area is 104 Å². The van der Waals surface area contributed by atoms with E-state index in [1.165, 1.54) is 0 Å². The van der Waals surface area contributed by atoms with Crippen molar-refractivity contribution in [1.29, 1.82) is 0 Å². The van der Waals surface area contributed by atoms with Gasteiger partial charge in [0.2, 0.25) is 0 Å². The van der Waals surface area contributed by atoms with Crippen LogP contribution < -0.4 is 9.47 Å². The van der Waals surface area contributed by atoms with Gasteiger partial charge in [0.05, 0.1) is 7.11 Å². The predicted molar refractivity (Wildman–Crippen MR) is 70.8 cm³/mol.